The summed E-state index contributed by atoms with van der Waals surface area (Å²) >= 11 is 0. The average molecular weight is 353 g/mol. The van der Waals surface area contributed by atoms with Gasteiger partial charge in [0, 0.05) is 31.4 Å². The number of amides is 2. The monoisotopic (exact) mass is 353 g/mol. The van der Waals surface area contributed by atoms with Gasteiger partial charge in [-0.25, -0.2) is 0 Å². The molecule has 1 saturated heterocycles. The van der Waals surface area contributed by atoms with Crippen molar-refractivity contribution in [3.63, 3.8) is 0 Å². The van der Waals surface area contributed by atoms with Gasteiger partial charge in [-0.2, -0.15) is 0 Å². The van der Waals surface area contributed by atoms with Crippen molar-refractivity contribution in [3.8, 4) is 0 Å². The number of carbonyl (C=O) groups excluding carboxylic acids is 2. The number of hydrogen-bond acceptors (Lipinski definition) is 5. The normalized spacial score (nSPS) is 14.4. The van der Waals surface area contributed by atoms with Gasteiger partial charge in [0.25, 0.3) is 5.91 Å². The number of nitrogens with one attached hydrogen (secondary N) is 2. The van der Waals surface area contributed by atoms with Gasteiger partial charge in [0.1, 0.15) is 0 Å². The lowest BCUT2D eigenvalue weighted by Gasteiger charge is -2.20. The molecule has 7 nitrogen and oxygen atoms in total. The lowest BCUT2D eigenvalue weighted by molar-refractivity contribution is -0.114. The number of nitrogens with zero attached hydrogens (tertiary/aromatic N) is 3. The Labute approximate surface area is 152 Å². The number of aromatic nitrogens is 2. The van der Waals surface area contributed by atoms with Gasteiger partial charge in [0.05, 0.1) is 0 Å². The number of anilines is 3. The minimum Gasteiger partial charge on any atom is -0.355 e. The van der Waals surface area contributed by atoms with E-state index in [0.29, 0.717) is 11.4 Å². The van der Waals surface area contributed by atoms with E-state index in [-0.39, 0.29) is 17.5 Å². The average Bonchev–Trinajstić information content (AvgIpc) is 2.92. The molecule has 136 valence electrons. The Kier molecular flexibility index (Phi) is 5.78. The van der Waals surface area contributed by atoms with Crippen LogP contribution in [0.5, 0.6) is 0 Å². The van der Waals surface area contributed by atoms with E-state index < -0.39 is 0 Å². The summed E-state index contributed by atoms with van der Waals surface area (Å²) in [6.07, 6.45) is 4.84. The largest absolute Gasteiger partial charge is 0.355 e. The van der Waals surface area contributed by atoms with Gasteiger partial charge in [0.2, 0.25) is 5.91 Å². The molecule has 0 saturated carbocycles. The van der Waals surface area contributed by atoms with E-state index in [1.165, 1.54) is 32.6 Å². The number of rotatable bonds is 4. The quantitative estimate of drug-likeness (QED) is 0.882. The van der Waals surface area contributed by atoms with Gasteiger partial charge in [-0.05, 0) is 49.2 Å². The zero-order valence-electron chi connectivity index (χ0n) is 14.9. The maximum Gasteiger partial charge on any atom is 0.276 e. The van der Waals surface area contributed by atoms with Gasteiger partial charge >= 0.3 is 0 Å². The van der Waals surface area contributed by atoms with Crippen LogP contribution in [0, 0.1) is 0 Å². The summed E-state index contributed by atoms with van der Waals surface area (Å²) in [4.78, 5) is 25.6. The first-order chi connectivity index (χ1) is 12.6. The first kappa shape index (κ1) is 17.8. The highest BCUT2D eigenvalue weighted by Crippen LogP contribution is 2.17. The van der Waals surface area contributed by atoms with Gasteiger partial charge < -0.3 is 15.5 Å². The van der Waals surface area contributed by atoms with Crippen LogP contribution in [0.15, 0.2) is 36.4 Å². The lowest BCUT2D eigenvalue weighted by Crippen LogP contribution is -2.25. The van der Waals surface area contributed by atoms with E-state index in [1.54, 1.807) is 30.3 Å². The molecule has 2 aromatic rings. The molecule has 2 amide bonds. The molecule has 26 heavy (non-hydrogen) atoms. The molecule has 3 rings (SSSR count). The Morgan fingerprint density at radius 3 is 2.00 bits per heavy atom. The summed E-state index contributed by atoms with van der Waals surface area (Å²) in [6.45, 7) is 3.42. The van der Waals surface area contributed by atoms with Crippen LogP contribution in [0.4, 0.5) is 17.2 Å². The summed E-state index contributed by atoms with van der Waals surface area (Å²) < 4.78 is 0. The van der Waals surface area contributed by atoms with E-state index >= 15 is 0 Å². The summed E-state index contributed by atoms with van der Waals surface area (Å²) in [6, 6.07) is 10.5. The minimum atomic E-state index is -0.313. The van der Waals surface area contributed by atoms with Crippen LogP contribution >= 0.6 is 0 Å². The Hall–Kier alpha value is -2.96. The van der Waals surface area contributed by atoms with Crippen LogP contribution in [0.1, 0.15) is 43.1 Å². The van der Waals surface area contributed by atoms with Crippen molar-refractivity contribution in [2.45, 2.75) is 32.6 Å². The van der Waals surface area contributed by atoms with Crippen molar-refractivity contribution < 1.29 is 9.59 Å². The molecule has 0 aliphatic carbocycles. The summed E-state index contributed by atoms with van der Waals surface area (Å²) in [5.41, 5.74) is 1.58. The molecule has 1 fully saturated rings. The van der Waals surface area contributed by atoms with Crippen molar-refractivity contribution in [1.82, 2.24) is 10.2 Å². The molecule has 1 aliphatic rings. The molecule has 1 aromatic carbocycles. The highest BCUT2D eigenvalue weighted by molar-refractivity contribution is 6.03. The fraction of sp³-hybridized carbons (Fsp3) is 0.368. The van der Waals surface area contributed by atoms with Crippen LogP contribution < -0.4 is 15.5 Å². The van der Waals surface area contributed by atoms with Crippen LogP contribution in [0.3, 0.4) is 0 Å². The van der Waals surface area contributed by atoms with Gasteiger partial charge in [-0.15, -0.1) is 10.2 Å². The Balaban J connectivity index is 1.61. The molecule has 0 unspecified atom stereocenters. The molecule has 7 heteroatoms. The summed E-state index contributed by atoms with van der Waals surface area (Å²) in [5.74, 6) is 0.372. The third-order valence-corrected chi connectivity index (χ3v) is 4.28. The van der Waals surface area contributed by atoms with Gasteiger partial charge in [0.15, 0.2) is 11.5 Å². The van der Waals surface area contributed by atoms with Gasteiger partial charge in [-0.3, -0.25) is 9.59 Å². The molecule has 0 spiro atoms. The van der Waals surface area contributed by atoms with E-state index in [0.717, 1.165) is 18.9 Å². The van der Waals surface area contributed by atoms with Crippen LogP contribution in [-0.4, -0.2) is 35.1 Å². The second kappa shape index (κ2) is 8.42. The third-order valence-electron chi connectivity index (χ3n) is 4.28. The fourth-order valence-corrected chi connectivity index (χ4v) is 2.95. The standard InChI is InChI=1S/C19H23N5O2/c1-14(25)20-15-6-8-16(9-7-15)21-19(26)17-10-11-18(23-22-17)24-12-4-2-3-5-13-24/h6-11H,2-5,12-13H2,1H3,(H,20,25)(H,21,26). The van der Waals surface area contributed by atoms with Crippen LogP contribution in [0.2, 0.25) is 0 Å². The zero-order valence-corrected chi connectivity index (χ0v) is 14.9. The predicted molar refractivity (Wildman–Crippen MR) is 101 cm³/mol. The van der Waals surface area contributed by atoms with Crippen molar-refractivity contribution in [2.24, 2.45) is 0 Å². The SMILES string of the molecule is CC(=O)Nc1ccc(NC(=O)c2ccc(N3CCCCCC3)nn2)cc1. The van der Waals surface area contributed by atoms with E-state index in [1.807, 2.05) is 6.07 Å². The first-order valence-corrected chi connectivity index (χ1v) is 8.89. The molecule has 0 atom stereocenters. The van der Waals surface area contributed by atoms with Crippen molar-refractivity contribution in [2.75, 3.05) is 28.6 Å². The molecule has 2 heterocycles. The molecule has 0 radical (unpaired) electrons. The first-order valence-electron chi connectivity index (χ1n) is 8.89. The number of hydrogen-bond donors (Lipinski definition) is 2. The van der Waals surface area contributed by atoms with E-state index in [4.69, 9.17) is 0 Å². The van der Waals surface area contributed by atoms with E-state index in [9.17, 15) is 9.59 Å². The highest BCUT2D eigenvalue weighted by Gasteiger charge is 2.14. The Bertz CT molecular complexity index is 751. The molecule has 1 aromatic heterocycles. The molecular formula is C19H23N5O2. The number of carbonyl (C=O) groups is 2. The summed E-state index contributed by atoms with van der Waals surface area (Å²) in [7, 11) is 0. The fourth-order valence-electron chi connectivity index (χ4n) is 2.95. The molecule has 1 aliphatic heterocycles. The molecular weight excluding hydrogens is 330 g/mol. The van der Waals surface area contributed by atoms with Crippen molar-refractivity contribution in [1.29, 1.82) is 0 Å². The zero-order chi connectivity index (χ0) is 18.4. The molecule has 2 N–H and O–H groups in total. The van der Waals surface area contributed by atoms with Gasteiger partial charge in [-0.1, -0.05) is 12.8 Å². The second-order valence-electron chi connectivity index (χ2n) is 6.39. The molecule has 0 bridgehead atoms. The minimum absolute atomic E-state index is 0.137. The number of benzene rings is 1. The third kappa shape index (κ3) is 4.78. The highest BCUT2D eigenvalue weighted by atomic mass is 16.2. The predicted octanol–water partition coefficient (Wildman–Crippen LogP) is 3.07. The lowest BCUT2D eigenvalue weighted by atomic mass is 10.2. The van der Waals surface area contributed by atoms with Crippen LogP contribution in [0.25, 0.3) is 0 Å². The second-order valence-corrected chi connectivity index (χ2v) is 6.39. The van der Waals surface area contributed by atoms with E-state index in [2.05, 4.69) is 25.7 Å². The van der Waals surface area contributed by atoms with Crippen LogP contribution in [-0.2, 0) is 4.79 Å². The Morgan fingerprint density at radius 2 is 1.46 bits per heavy atom. The summed E-state index contributed by atoms with van der Waals surface area (Å²) in [5, 5.41) is 13.8. The van der Waals surface area contributed by atoms with Crippen molar-refractivity contribution >= 4 is 29.0 Å². The van der Waals surface area contributed by atoms with Crippen molar-refractivity contribution in [3.05, 3.63) is 42.1 Å². The Morgan fingerprint density at radius 1 is 0.846 bits per heavy atom. The maximum absolute atomic E-state index is 12.3. The smallest absolute Gasteiger partial charge is 0.276 e. The topological polar surface area (TPSA) is 87.2 Å². The maximum atomic E-state index is 12.3.